The second kappa shape index (κ2) is 4.82. The number of hydrogen-bond acceptors (Lipinski definition) is 2. The number of hydrogen-bond donors (Lipinski definition) is 1. The standard InChI is InChI=1S/C15H11ClF3NO2/c1-8-6-10(16)7-11-12(8)20-13(21)22-14(11,15(17,18)19)5-4-9-2-3-9/h6-7,9H,2-3H2,1H3,(H,20,21)/t14-/m0/s1. The Balaban J connectivity index is 2.27. The van der Waals surface area contributed by atoms with Gasteiger partial charge in [0.1, 0.15) is 0 Å². The van der Waals surface area contributed by atoms with Crippen LogP contribution in [-0.4, -0.2) is 12.3 Å². The highest BCUT2D eigenvalue weighted by molar-refractivity contribution is 6.31. The molecule has 3 rings (SSSR count). The molecule has 1 N–H and O–H groups in total. The summed E-state index contributed by atoms with van der Waals surface area (Å²) in [5.41, 5.74) is -2.80. The van der Waals surface area contributed by atoms with Crippen molar-refractivity contribution in [2.75, 3.05) is 5.32 Å². The van der Waals surface area contributed by atoms with E-state index >= 15 is 0 Å². The second-order valence-corrected chi connectivity index (χ2v) is 5.82. The van der Waals surface area contributed by atoms with Crippen molar-refractivity contribution >= 4 is 23.4 Å². The minimum absolute atomic E-state index is 0.0445. The zero-order valence-electron chi connectivity index (χ0n) is 11.5. The van der Waals surface area contributed by atoms with Crippen LogP contribution in [0.15, 0.2) is 12.1 Å². The Kier molecular flexibility index (Phi) is 3.29. The van der Waals surface area contributed by atoms with Crippen molar-refractivity contribution in [1.82, 2.24) is 0 Å². The lowest BCUT2D eigenvalue weighted by molar-refractivity contribution is -0.239. The van der Waals surface area contributed by atoms with Gasteiger partial charge in [0.15, 0.2) is 0 Å². The van der Waals surface area contributed by atoms with Gasteiger partial charge in [0, 0.05) is 16.5 Å². The lowest BCUT2D eigenvalue weighted by Gasteiger charge is -2.36. The third kappa shape index (κ3) is 2.40. The molecule has 1 fully saturated rings. The quantitative estimate of drug-likeness (QED) is 0.717. The van der Waals surface area contributed by atoms with E-state index in [2.05, 4.69) is 21.9 Å². The molecule has 1 aliphatic carbocycles. The van der Waals surface area contributed by atoms with Gasteiger partial charge in [-0.3, -0.25) is 5.32 Å². The van der Waals surface area contributed by atoms with E-state index in [9.17, 15) is 18.0 Å². The fraction of sp³-hybridized carbons (Fsp3) is 0.400. The van der Waals surface area contributed by atoms with Crippen LogP contribution in [0, 0.1) is 24.7 Å². The Hall–Kier alpha value is -1.87. The molecule has 0 saturated heterocycles. The Morgan fingerprint density at radius 3 is 2.68 bits per heavy atom. The van der Waals surface area contributed by atoms with E-state index in [-0.39, 0.29) is 22.2 Å². The molecule has 2 aliphatic rings. The molecule has 7 heteroatoms. The SMILES string of the molecule is Cc1cc(Cl)cc2c1NC(=O)O[C@]2(C#CC1CC1)C(F)(F)F. The van der Waals surface area contributed by atoms with Crippen LogP contribution in [0.4, 0.5) is 23.7 Å². The number of rotatable bonds is 0. The maximum atomic E-state index is 13.7. The molecule has 1 atom stereocenters. The van der Waals surface area contributed by atoms with Crippen LogP contribution in [0.25, 0.3) is 0 Å². The van der Waals surface area contributed by atoms with Crippen molar-refractivity contribution in [3.05, 3.63) is 28.3 Å². The van der Waals surface area contributed by atoms with Crippen LogP contribution < -0.4 is 5.32 Å². The van der Waals surface area contributed by atoms with Gasteiger partial charge in [-0.15, -0.1) is 0 Å². The number of amides is 1. The van der Waals surface area contributed by atoms with E-state index in [4.69, 9.17) is 11.6 Å². The molecule has 1 saturated carbocycles. The minimum atomic E-state index is -4.88. The summed E-state index contributed by atoms with van der Waals surface area (Å²) in [6.07, 6.45) is -4.54. The van der Waals surface area contributed by atoms with Crippen LogP contribution in [0.5, 0.6) is 0 Å². The number of halogens is 4. The summed E-state index contributed by atoms with van der Waals surface area (Å²) < 4.78 is 45.8. The van der Waals surface area contributed by atoms with E-state index in [1.165, 1.54) is 6.07 Å². The summed E-state index contributed by atoms with van der Waals surface area (Å²) in [7, 11) is 0. The molecule has 1 heterocycles. The van der Waals surface area contributed by atoms with E-state index < -0.39 is 17.9 Å². The molecule has 22 heavy (non-hydrogen) atoms. The molecule has 0 aromatic heterocycles. The summed E-state index contributed by atoms with van der Waals surface area (Å²) in [5.74, 6) is 4.64. The van der Waals surface area contributed by atoms with Gasteiger partial charge in [0.2, 0.25) is 0 Å². The minimum Gasteiger partial charge on any atom is -0.415 e. The molecule has 116 valence electrons. The summed E-state index contributed by atoms with van der Waals surface area (Å²) in [4.78, 5) is 11.7. The number of alkyl halides is 3. The van der Waals surface area contributed by atoms with Crippen molar-refractivity contribution in [1.29, 1.82) is 0 Å². The van der Waals surface area contributed by atoms with Gasteiger partial charge in [-0.1, -0.05) is 17.5 Å². The predicted octanol–water partition coefficient (Wildman–Crippen LogP) is 4.38. The number of anilines is 1. The first kappa shape index (κ1) is 15.0. The Bertz CT molecular complexity index is 716. The molecular formula is C15H11ClF3NO2. The van der Waals surface area contributed by atoms with Gasteiger partial charge in [0.25, 0.3) is 5.60 Å². The predicted molar refractivity (Wildman–Crippen MR) is 74.5 cm³/mol. The van der Waals surface area contributed by atoms with Crippen LogP contribution >= 0.6 is 11.6 Å². The molecule has 0 spiro atoms. The number of benzene rings is 1. The number of carbonyl (C=O) groups excluding carboxylic acids is 1. The average molecular weight is 330 g/mol. The highest BCUT2D eigenvalue weighted by Gasteiger charge is 2.62. The second-order valence-electron chi connectivity index (χ2n) is 5.38. The van der Waals surface area contributed by atoms with Gasteiger partial charge < -0.3 is 4.74 Å². The van der Waals surface area contributed by atoms with E-state index in [0.717, 1.165) is 18.9 Å². The van der Waals surface area contributed by atoms with Crippen LogP contribution in [0.1, 0.15) is 24.0 Å². The summed E-state index contributed by atoms with van der Waals surface area (Å²) in [6, 6.07) is 2.61. The maximum Gasteiger partial charge on any atom is 0.445 e. The van der Waals surface area contributed by atoms with Gasteiger partial charge in [-0.05, 0) is 43.4 Å². The number of fused-ring (bicyclic) bond motifs is 1. The molecule has 0 unspecified atom stereocenters. The third-order valence-corrected chi connectivity index (χ3v) is 3.80. The normalized spacial score (nSPS) is 23.8. The van der Waals surface area contributed by atoms with E-state index in [0.29, 0.717) is 5.56 Å². The van der Waals surface area contributed by atoms with Gasteiger partial charge >= 0.3 is 12.3 Å². The van der Waals surface area contributed by atoms with Gasteiger partial charge in [0.05, 0.1) is 5.69 Å². The van der Waals surface area contributed by atoms with Gasteiger partial charge in [-0.25, -0.2) is 4.79 Å². The highest BCUT2D eigenvalue weighted by Crippen LogP contribution is 2.49. The van der Waals surface area contributed by atoms with Gasteiger partial charge in [-0.2, -0.15) is 13.2 Å². The largest absolute Gasteiger partial charge is 0.445 e. The summed E-state index contributed by atoms with van der Waals surface area (Å²) in [6.45, 7) is 1.56. The topological polar surface area (TPSA) is 38.3 Å². The Morgan fingerprint density at radius 2 is 2.09 bits per heavy atom. The molecule has 1 amide bonds. The van der Waals surface area contributed by atoms with Crippen LogP contribution in [0.2, 0.25) is 5.02 Å². The smallest absolute Gasteiger partial charge is 0.415 e. The number of nitrogens with one attached hydrogen (secondary N) is 1. The fourth-order valence-electron chi connectivity index (χ4n) is 2.31. The number of cyclic esters (lactones) is 1. The Labute approximate surface area is 129 Å². The van der Waals surface area contributed by atoms with E-state index in [1.54, 1.807) is 6.92 Å². The van der Waals surface area contributed by atoms with Crippen molar-refractivity contribution < 1.29 is 22.7 Å². The molecule has 1 aliphatic heterocycles. The van der Waals surface area contributed by atoms with Crippen molar-refractivity contribution in [3.8, 4) is 11.8 Å². The zero-order valence-corrected chi connectivity index (χ0v) is 12.2. The first-order valence-corrected chi connectivity index (χ1v) is 7.01. The van der Waals surface area contributed by atoms with E-state index in [1.807, 2.05) is 0 Å². The third-order valence-electron chi connectivity index (χ3n) is 3.58. The summed E-state index contributed by atoms with van der Waals surface area (Å²) >= 11 is 5.89. The molecule has 1 aromatic carbocycles. The molecule has 0 bridgehead atoms. The highest BCUT2D eigenvalue weighted by atomic mass is 35.5. The molecular weight excluding hydrogens is 319 g/mol. The monoisotopic (exact) mass is 329 g/mol. The lowest BCUT2D eigenvalue weighted by Crippen LogP contribution is -2.49. The molecule has 0 radical (unpaired) electrons. The van der Waals surface area contributed by atoms with Crippen LogP contribution in [0.3, 0.4) is 0 Å². The average Bonchev–Trinajstić information content (AvgIpc) is 3.20. The fourth-order valence-corrected chi connectivity index (χ4v) is 2.59. The first-order chi connectivity index (χ1) is 10.2. The molecule has 3 nitrogen and oxygen atoms in total. The Morgan fingerprint density at radius 1 is 1.41 bits per heavy atom. The summed E-state index contributed by atoms with van der Waals surface area (Å²) in [5, 5.41) is 2.42. The van der Waals surface area contributed by atoms with Crippen LogP contribution in [-0.2, 0) is 10.3 Å². The number of ether oxygens (including phenoxy) is 1. The zero-order chi connectivity index (χ0) is 16.1. The number of carbonyl (C=O) groups is 1. The van der Waals surface area contributed by atoms with Crippen molar-refractivity contribution in [2.24, 2.45) is 5.92 Å². The van der Waals surface area contributed by atoms with Crippen molar-refractivity contribution in [3.63, 3.8) is 0 Å². The van der Waals surface area contributed by atoms with Crippen molar-refractivity contribution in [2.45, 2.75) is 31.5 Å². The molecule has 1 aromatic rings. The number of aryl methyl sites for hydroxylation is 1. The maximum absolute atomic E-state index is 13.7. The lowest BCUT2D eigenvalue weighted by atomic mass is 9.88. The first-order valence-electron chi connectivity index (χ1n) is 6.63.